The lowest BCUT2D eigenvalue weighted by Gasteiger charge is -2.29. The van der Waals surface area contributed by atoms with Gasteiger partial charge in [-0.05, 0) is 89.8 Å². The second-order valence-corrected chi connectivity index (χ2v) is 13.7. The van der Waals surface area contributed by atoms with Gasteiger partial charge in [-0.1, -0.05) is 42.5 Å². The summed E-state index contributed by atoms with van der Waals surface area (Å²) in [4.78, 5) is 29.3. The first kappa shape index (κ1) is 39.1. The number of aliphatic hydroxyl groups is 2. The summed E-state index contributed by atoms with van der Waals surface area (Å²) in [6.45, 7) is 11.4. The molecule has 1 heterocycles. The molecule has 2 aromatic carbocycles. The van der Waals surface area contributed by atoms with Crippen LogP contribution in [0.15, 0.2) is 79.1 Å². The summed E-state index contributed by atoms with van der Waals surface area (Å²) in [7, 11) is 0. The zero-order valence-electron chi connectivity index (χ0n) is 29.3. The molecule has 268 valence electrons. The van der Waals surface area contributed by atoms with Crippen molar-refractivity contribution >= 4 is 12.2 Å². The topological polar surface area (TPSA) is 160 Å². The molecule has 1 aromatic heterocycles. The maximum atomic E-state index is 12.7. The zero-order chi connectivity index (χ0) is 35.9. The van der Waals surface area contributed by atoms with Gasteiger partial charge in [0.05, 0.1) is 30.5 Å². The molecule has 2 amide bonds. The minimum Gasteiger partial charge on any atom is -0.490 e. The van der Waals surface area contributed by atoms with E-state index in [0.29, 0.717) is 37.6 Å². The molecule has 49 heavy (non-hydrogen) atoms. The maximum Gasteiger partial charge on any atom is 0.407 e. The Morgan fingerprint density at radius 3 is 1.63 bits per heavy atom. The number of benzene rings is 2. The van der Waals surface area contributed by atoms with E-state index in [1.165, 1.54) is 0 Å². The fourth-order valence-corrected chi connectivity index (χ4v) is 4.74. The van der Waals surface area contributed by atoms with Crippen molar-refractivity contribution in [1.82, 2.24) is 20.9 Å². The van der Waals surface area contributed by atoms with Crippen molar-refractivity contribution in [2.75, 3.05) is 26.3 Å². The Morgan fingerprint density at radius 1 is 0.673 bits per heavy atom. The quantitative estimate of drug-likeness (QED) is 0.129. The van der Waals surface area contributed by atoms with Gasteiger partial charge in [-0.25, -0.2) is 9.59 Å². The van der Waals surface area contributed by atoms with Crippen molar-refractivity contribution in [2.45, 2.75) is 89.9 Å². The molecular weight excluding hydrogens is 628 g/mol. The number of pyridine rings is 1. The molecule has 0 unspecified atom stereocenters. The van der Waals surface area contributed by atoms with E-state index in [9.17, 15) is 19.8 Å². The Bertz CT molecular complexity index is 1400. The monoisotopic (exact) mass is 680 g/mol. The van der Waals surface area contributed by atoms with Crippen LogP contribution in [0.4, 0.5) is 9.59 Å². The number of ether oxygens (including phenoxy) is 4. The van der Waals surface area contributed by atoms with Gasteiger partial charge in [0.25, 0.3) is 0 Å². The number of nitrogens with one attached hydrogen (secondary N) is 3. The van der Waals surface area contributed by atoms with Crippen LogP contribution in [0.5, 0.6) is 11.5 Å². The van der Waals surface area contributed by atoms with Gasteiger partial charge >= 0.3 is 12.2 Å². The highest BCUT2D eigenvalue weighted by Gasteiger charge is 2.28. The van der Waals surface area contributed by atoms with Crippen molar-refractivity contribution < 1.29 is 38.7 Å². The van der Waals surface area contributed by atoms with Crippen LogP contribution in [0.25, 0.3) is 0 Å². The van der Waals surface area contributed by atoms with Crippen LogP contribution in [0.2, 0.25) is 0 Å². The number of nitrogens with zero attached hydrogens (tertiary/aromatic N) is 1. The number of hydrogen-bond donors (Lipinski definition) is 5. The predicted molar refractivity (Wildman–Crippen MR) is 187 cm³/mol. The normalized spacial score (nSPS) is 14.1. The minimum absolute atomic E-state index is 0.0418. The number of aromatic nitrogens is 1. The Morgan fingerprint density at radius 2 is 1.16 bits per heavy atom. The first-order chi connectivity index (χ1) is 23.2. The summed E-state index contributed by atoms with van der Waals surface area (Å²) in [5.74, 6) is 1.31. The molecule has 3 aromatic rings. The van der Waals surface area contributed by atoms with Gasteiger partial charge in [0, 0.05) is 19.3 Å². The maximum absolute atomic E-state index is 12.7. The molecule has 4 atom stereocenters. The molecule has 0 aliphatic carbocycles. The molecule has 5 N–H and O–H groups in total. The van der Waals surface area contributed by atoms with E-state index in [-0.39, 0.29) is 13.1 Å². The highest BCUT2D eigenvalue weighted by atomic mass is 16.6. The van der Waals surface area contributed by atoms with Crippen LogP contribution < -0.4 is 25.4 Å². The van der Waals surface area contributed by atoms with E-state index in [1.807, 2.05) is 60.7 Å². The second kappa shape index (κ2) is 19.0. The van der Waals surface area contributed by atoms with Gasteiger partial charge in [-0.2, -0.15) is 0 Å². The summed E-state index contributed by atoms with van der Waals surface area (Å²) >= 11 is 0. The van der Waals surface area contributed by atoms with Crippen LogP contribution >= 0.6 is 0 Å². The van der Waals surface area contributed by atoms with E-state index in [2.05, 4.69) is 20.9 Å². The minimum atomic E-state index is -1.05. The van der Waals surface area contributed by atoms with Gasteiger partial charge < -0.3 is 45.1 Å². The Hall–Kier alpha value is -4.39. The predicted octanol–water partition coefficient (Wildman–Crippen LogP) is 4.42. The van der Waals surface area contributed by atoms with E-state index in [1.54, 1.807) is 60.0 Å². The van der Waals surface area contributed by atoms with Crippen molar-refractivity contribution in [3.05, 3.63) is 90.3 Å². The van der Waals surface area contributed by atoms with Crippen LogP contribution in [-0.2, 0) is 22.3 Å². The molecule has 0 bridgehead atoms. The summed E-state index contributed by atoms with van der Waals surface area (Å²) in [6, 6.07) is 19.1. The number of aliphatic hydroxyl groups excluding tert-OH is 2. The third-order valence-corrected chi connectivity index (χ3v) is 6.97. The third kappa shape index (κ3) is 16.0. The van der Waals surface area contributed by atoms with Crippen LogP contribution in [0, 0.1) is 0 Å². The van der Waals surface area contributed by atoms with Crippen LogP contribution in [-0.4, -0.2) is 89.2 Å². The van der Waals surface area contributed by atoms with Crippen molar-refractivity contribution in [3.8, 4) is 11.5 Å². The molecule has 0 saturated carbocycles. The largest absolute Gasteiger partial charge is 0.490 e. The zero-order valence-corrected chi connectivity index (χ0v) is 29.3. The first-order valence-electron chi connectivity index (χ1n) is 16.5. The van der Waals surface area contributed by atoms with Crippen molar-refractivity contribution in [3.63, 3.8) is 0 Å². The molecule has 0 radical (unpaired) electrons. The van der Waals surface area contributed by atoms with Crippen molar-refractivity contribution in [2.24, 2.45) is 0 Å². The van der Waals surface area contributed by atoms with Crippen LogP contribution in [0.3, 0.4) is 0 Å². The van der Waals surface area contributed by atoms with E-state index in [4.69, 9.17) is 18.9 Å². The number of carbonyl (C=O) groups is 2. The molecule has 12 nitrogen and oxygen atoms in total. The number of rotatable bonds is 17. The second-order valence-electron chi connectivity index (χ2n) is 13.7. The molecule has 0 spiro atoms. The van der Waals surface area contributed by atoms with Crippen LogP contribution in [0.1, 0.15) is 52.7 Å². The van der Waals surface area contributed by atoms with E-state index in [0.717, 1.165) is 11.1 Å². The lowest BCUT2D eigenvalue weighted by Crippen LogP contribution is -2.53. The molecule has 0 fully saturated rings. The Balaban J connectivity index is 1.59. The SMILES string of the molecule is CC(C)(C)OC(=O)N[C@@H](Cc1ccccc1)[C@H](O)CNC[C@@H](O)[C@H](Cc1ccc(OCCOc2cccnc2)cc1)NC(=O)OC(C)(C)C. The highest BCUT2D eigenvalue weighted by molar-refractivity contribution is 5.68. The summed E-state index contributed by atoms with van der Waals surface area (Å²) in [6.07, 6.45) is 0.618. The summed E-state index contributed by atoms with van der Waals surface area (Å²) in [5.41, 5.74) is 0.354. The van der Waals surface area contributed by atoms with E-state index >= 15 is 0 Å². The average molecular weight is 681 g/mol. The van der Waals surface area contributed by atoms with Gasteiger partial charge in [0.15, 0.2) is 0 Å². The van der Waals surface area contributed by atoms with Crippen molar-refractivity contribution in [1.29, 1.82) is 0 Å². The Labute approximate surface area is 289 Å². The number of alkyl carbamates (subject to hydrolysis) is 2. The summed E-state index contributed by atoms with van der Waals surface area (Å²) in [5, 5.41) is 31.0. The molecule has 0 aliphatic heterocycles. The molecule has 0 aliphatic rings. The van der Waals surface area contributed by atoms with Gasteiger partial charge in [-0.3, -0.25) is 4.98 Å². The lowest BCUT2D eigenvalue weighted by atomic mass is 10.00. The fourth-order valence-electron chi connectivity index (χ4n) is 4.74. The molecule has 3 rings (SSSR count). The number of carbonyl (C=O) groups excluding carboxylic acids is 2. The van der Waals surface area contributed by atoms with Gasteiger partial charge in [0.1, 0.15) is 35.9 Å². The number of amides is 2. The van der Waals surface area contributed by atoms with E-state index < -0.39 is 47.7 Å². The highest BCUT2D eigenvalue weighted by Crippen LogP contribution is 2.16. The van der Waals surface area contributed by atoms with Gasteiger partial charge in [0.2, 0.25) is 0 Å². The smallest absolute Gasteiger partial charge is 0.407 e. The van der Waals surface area contributed by atoms with Gasteiger partial charge in [-0.15, -0.1) is 0 Å². The standard InChI is InChI=1S/C37H52N4O8/c1-36(2,3)48-34(44)40-30(21-26-11-8-7-9-12-26)32(42)24-39-25-33(43)31(41-35(45)49-37(4,5)6)22-27-14-16-28(17-15-27)46-19-20-47-29-13-10-18-38-23-29/h7-18,23,30-33,39,42-43H,19-22,24-25H2,1-6H3,(H,40,44)(H,41,45)/t30-,31-,32+,33+/m0/s1. The molecule has 12 heteroatoms. The molecular formula is C37H52N4O8. The number of hydrogen-bond acceptors (Lipinski definition) is 10. The Kier molecular flexibility index (Phi) is 15.1. The lowest BCUT2D eigenvalue weighted by molar-refractivity contribution is 0.0399. The summed E-state index contributed by atoms with van der Waals surface area (Å²) < 4.78 is 22.3. The molecule has 0 saturated heterocycles. The average Bonchev–Trinajstić information content (AvgIpc) is 3.02. The first-order valence-corrected chi connectivity index (χ1v) is 16.5. The third-order valence-electron chi connectivity index (χ3n) is 6.97. The fraction of sp³-hybridized carbons (Fsp3) is 0.486.